The number of aryl methyl sites for hydroxylation is 1. The Morgan fingerprint density at radius 1 is 1.03 bits per heavy atom. The molecule has 1 aliphatic carbocycles. The van der Waals surface area contributed by atoms with E-state index < -0.39 is 11.4 Å². The minimum absolute atomic E-state index is 0.0905. The maximum absolute atomic E-state index is 15.1. The van der Waals surface area contributed by atoms with Crippen molar-refractivity contribution >= 4 is 16.8 Å². The Morgan fingerprint density at radius 2 is 1.72 bits per heavy atom. The van der Waals surface area contributed by atoms with Crippen LogP contribution >= 0.6 is 0 Å². The van der Waals surface area contributed by atoms with Gasteiger partial charge >= 0.3 is 0 Å². The van der Waals surface area contributed by atoms with Gasteiger partial charge in [-0.3, -0.25) is 4.79 Å². The number of carbonyl (C=O) groups is 1. The Kier molecular flexibility index (Phi) is 5.05. The highest BCUT2D eigenvalue weighted by Gasteiger charge is 2.40. The van der Waals surface area contributed by atoms with Crippen LogP contribution in [-0.4, -0.2) is 57.2 Å². The number of nitrogens with zero attached hydrogens (tertiary/aromatic N) is 3. The number of piperazine rings is 1. The van der Waals surface area contributed by atoms with Crippen molar-refractivity contribution in [2.45, 2.75) is 31.8 Å². The first kappa shape index (κ1) is 20.8. The summed E-state index contributed by atoms with van der Waals surface area (Å²) >= 11 is 0. The molecule has 1 saturated heterocycles. The lowest BCUT2D eigenvalue weighted by molar-refractivity contribution is -0.0262. The van der Waals surface area contributed by atoms with Gasteiger partial charge in [0.2, 0.25) is 0 Å². The predicted molar refractivity (Wildman–Crippen MR) is 123 cm³/mol. The average Bonchev–Trinajstić information content (AvgIpc) is 3.12. The number of halogens is 1. The fourth-order valence-electron chi connectivity index (χ4n) is 4.90. The summed E-state index contributed by atoms with van der Waals surface area (Å²) in [5.41, 5.74) is 2.78. The Morgan fingerprint density at radius 3 is 2.38 bits per heavy atom. The van der Waals surface area contributed by atoms with Crippen LogP contribution in [0.3, 0.4) is 0 Å². The first-order valence-corrected chi connectivity index (χ1v) is 11.2. The summed E-state index contributed by atoms with van der Waals surface area (Å²) in [6.45, 7) is 8.24. The standard InChI is InChI=1S/C26H28FN3O2/c1-18-16-20-6-3-4-7-24(20)30(18)21-8-9-22(23(27)17-21)25(31)29-14-12-28(13-15-29)19(2)26(32)10-5-11-26/h3-4,6-9,16-17,32H,2,5,10-15H2,1H3. The van der Waals surface area contributed by atoms with E-state index in [1.165, 1.54) is 6.07 Å². The van der Waals surface area contributed by atoms with E-state index in [0.717, 1.165) is 41.6 Å². The van der Waals surface area contributed by atoms with E-state index >= 15 is 4.39 Å². The van der Waals surface area contributed by atoms with Crippen molar-refractivity contribution in [3.63, 3.8) is 0 Å². The SMILES string of the molecule is C=C(N1CCN(C(=O)c2ccc(-n3c(C)cc4ccccc43)cc2F)CC1)C1(O)CCC1. The number of fused-ring (bicyclic) bond motifs is 1. The van der Waals surface area contributed by atoms with Crippen molar-refractivity contribution in [1.29, 1.82) is 0 Å². The highest BCUT2D eigenvalue weighted by molar-refractivity contribution is 5.95. The van der Waals surface area contributed by atoms with Gasteiger partial charge in [0.1, 0.15) is 11.4 Å². The number of aromatic nitrogens is 1. The summed E-state index contributed by atoms with van der Waals surface area (Å²) in [5.74, 6) is -0.809. The van der Waals surface area contributed by atoms with Gasteiger partial charge in [-0.1, -0.05) is 24.8 Å². The molecule has 1 N–H and O–H groups in total. The molecule has 166 valence electrons. The third kappa shape index (κ3) is 3.39. The molecule has 0 bridgehead atoms. The molecule has 1 saturated carbocycles. The Balaban J connectivity index is 1.32. The van der Waals surface area contributed by atoms with Crippen molar-refractivity contribution < 1.29 is 14.3 Å². The van der Waals surface area contributed by atoms with Crippen molar-refractivity contribution in [2.24, 2.45) is 0 Å². The van der Waals surface area contributed by atoms with Gasteiger partial charge in [-0.15, -0.1) is 0 Å². The van der Waals surface area contributed by atoms with Gasteiger partial charge in [0.15, 0.2) is 0 Å². The predicted octanol–water partition coefficient (Wildman–Crippen LogP) is 4.26. The fourth-order valence-corrected chi connectivity index (χ4v) is 4.90. The molecule has 0 unspecified atom stereocenters. The van der Waals surface area contributed by atoms with Crippen LogP contribution in [0.1, 0.15) is 35.3 Å². The lowest BCUT2D eigenvalue weighted by atomic mass is 9.77. The molecule has 1 aliphatic heterocycles. The second-order valence-electron chi connectivity index (χ2n) is 8.96. The van der Waals surface area contributed by atoms with Gasteiger partial charge in [-0.05, 0) is 56.5 Å². The van der Waals surface area contributed by atoms with E-state index in [2.05, 4.69) is 17.5 Å². The summed E-state index contributed by atoms with van der Waals surface area (Å²) in [6, 6.07) is 14.9. The molecule has 32 heavy (non-hydrogen) atoms. The van der Waals surface area contributed by atoms with Crippen molar-refractivity contribution in [3.8, 4) is 5.69 Å². The molecule has 0 spiro atoms. The Bertz CT molecular complexity index is 1200. The maximum Gasteiger partial charge on any atom is 0.256 e. The zero-order chi connectivity index (χ0) is 22.5. The number of amides is 1. The smallest absolute Gasteiger partial charge is 0.256 e. The molecule has 2 aromatic carbocycles. The maximum atomic E-state index is 15.1. The van der Waals surface area contributed by atoms with E-state index in [1.807, 2.05) is 35.8 Å². The highest BCUT2D eigenvalue weighted by Crippen LogP contribution is 2.39. The summed E-state index contributed by atoms with van der Waals surface area (Å²) in [4.78, 5) is 16.8. The largest absolute Gasteiger partial charge is 0.384 e. The number of hydrogen-bond donors (Lipinski definition) is 1. The van der Waals surface area contributed by atoms with Crippen molar-refractivity contribution in [2.75, 3.05) is 26.2 Å². The van der Waals surface area contributed by atoms with Crippen LogP contribution in [0.15, 0.2) is 60.8 Å². The molecule has 1 amide bonds. The van der Waals surface area contributed by atoms with Crippen LogP contribution in [0.4, 0.5) is 4.39 Å². The highest BCUT2D eigenvalue weighted by atomic mass is 19.1. The van der Waals surface area contributed by atoms with Crippen LogP contribution in [0, 0.1) is 12.7 Å². The van der Waals surface area contributed by atoms with E-state index in [9.17, 15) is 9.90 Å². The molecule has 0 atom stereocenters. The molecule has 1 aromatic heterocycles. The number of aliphatic hydroxyl groups is 1. The van der Waals surface area contributed by atoms with Crippen LogP contribution in [-0.2, 0) is 0 Å². The fraction of sp³-hybridized carbons (Fsp3) is 0.346. The van der Waals surface area contributed by atoms with Crippen LogP contribution in [0.25, 0.3) is 16.6 Å². The topological polar surface area (TPSA) is 48.7 Å². The third-order valence-electron chi connectivity index (χ3n) is 7.00. The molecular formula is C26H28FN3O2. The first-order valence-electron chi connectivity index (χ1n) is 11.2. The second kappa shape index (κ2) is 7.78. The van der Waals surface area contributed by atoms with Gasteiger partial charge in [0.05, 0.1) is 11.1 Å². The monoisotopic (exact) mass is 433 g/mol. The molecule has 2 aliphatic rings. The van der Waals surface area contributed by atoms with E-state index in [1.54, 1.807) is 17.0 Å². The van der Waals surface area contributed by atoms with Crippen LogP contribution in [0.5, 0.6) is 0 Å². The molecular weight excluding hydrogens is 405 g/mol. The van der Waals surface area contributed by atoms with Gasteiger partial charge in [0, 0.05) is 48.6 Å². The lowest BCUT2D eigenvalue weighted by Gasteiger charge is -2.46. The van der Waals surface area contributed by atoms with Crippen molar-refractivity contribution in [3.05, 3.63) is 77.9 Å². The van der Waals surface area contributed by atoms with Gasteiger partial charge in [0.25, 0.3) is 5.91 Å². The zero-order valence-corrected chi connectivity index (χ0v) is 18.4. The second-order valence-corrected chi connectivity index (χ2v) is 8.96. The number of benzene rings is 2. The molecule has 2 fully saturated rings. The third-order valence-corrected chi connectivity index (χ3v) is 7.00. The minimum Gasteiger partial charge on any atom is -0.384 e. The summed E-state index contributed by atoms with van der Waals surface area (Å²) in [5, 5.41) is 11.6. The first-order chi connectivity index (χ1) is 15.4. The van der Waals surface area contributed by atoms with Gasteiger partial charge in [-0.25, -0.2) is 4.39 Å². The van der Waals surface area contributed by atoms with Gasteiger partial charge < -0.3 is 19.5 Å². The molecule has 5 nitrogen and oxygen atoms in total. The summed E-state index contributed by atoms with van der Waals surface area (Å²) in [7, 11) is 0. The quantitative estimate of drug-likeness (QED) is 0.669. The van der Waals surface area contributed by atoms with E-state index in [0.29, 0.717) is 31.9 Å². The number of hydrogen-bond acceptors (Lipinski definition) is 3. The summed E-state index contributed by atoms with van der Waals surface area (Å²) in [6.07, 6.45) is 2.51. The normalized spacial score (nSPS) is 18.0. The number of carbonyl (C=O) groups excluding carboxylic acids is 1. The number of para-hydroxylation sites is 1. The number of rotatable bonds is 4. The average molecular weight is 434 g/mol. The zero-order valence-electron chi connectivity index (χ0n) is 18.4. The van der Waals surface area contributed by atoms with E-state index in [-0.39, 0.29) is 11.5 Å². The lowest BCUT2D eigenvalue weighted by Crippen LogP contribution is -2.53. The van der Waals surface area contributed by atoms with Crippen LogP contribution < -0.4 is 0 Å². The molecule has 2 heterocycles. The van der Waals surface area contributed by atoms with E-state index in [4.69, 9.17) is 0 Å². The van der Waals surface area contributed by atoms with Crippen LogP contribution in [0.2, 0.25) is 0 Å². The van der Waals surface area contributed by atoms with Gasteiger partial charge in [-0.2, -0.15) is 0 Å². The van der Waals surface area contributed by atoms with Crippen molar-refractivity contribution in [1.82, 2.24) is 14.4 Å². The molecule has 5 rings (SSSR count). The Labute approximate surface area is 187 Å². The minimum atomic E-state index is -0.783. The molecule has 6 heteroatoms. The molecule has 0 radical (unpaired) electrons. The summed E-state index contributed by atoms with van der Waals surface area (Å²) < 4.78 is 17.1. The Hall–Kier alpha value is -3.12. The molecule has 3 aromatic rings.